The number of likely N-dealkylation sites (tertiary alicyclic amines) is 1. The Morgan fingerprint density at radius 2 is 2.30 bits per heavy atom. The number of aromatic nitrogens is 1. The molecule has 6 nitrogen and oxygen atoms in total. The number of methoxy groups -OCH3 is 1. The molecule has 2 heterocycles. The predicted octanol–water partition coefficient (Wildman–Crippen LogP) is 0.693. The van der Waals surface area contributed by atoms with Crippen LogP contribution in [0.15, 0.2) is 24.5 Å². The van der Waals surface area contributed by atoms with Crippen LogP contribution in [0.2, 0.25) is 0 Å². The molecule has 2 rings (SSSR count). The maximum absolute atomic E-state index is 12.7. The van der Waals surface area contributed by atoms with Crippen molar-refractivity contribution >= 4 is 5.91 Å². The Morgan fingerprint density at radius 1 is 1.48 bits per heavy atom. The van der Waals surface area contributed by atoms with E-state index in [2.05, 4.69) is 28.9 Å². The van der Waals surface area contributed by atoms with Gasteiger partial charge < -0.3 is 14.5 Å². The van der Waals surface area contributed by atoms with Crippen molar-refractivity contribution in [2.75, 3.05) is 54.0 Å². The first-order valence-corrected chi connectivity index (χ1v) is 8.14. The van der Waals surface area contributed by atoms with Crippen LogP contribution in [0.1, 0.15) is 12.0 Å². The molecule has 0 bridgehead atoms. The maximum atomic E-state index is 12.7. The molecule has 0 unspecified atom stereocenters. The van der Waals surface area contributed by atoms with Gasteiger partial charge in [-0.25, -0.2) is 0 Å². The molecular weight excluding hydrogens is 292 g/mol. The molecule has 1 amide bonds. The average molecular weight is 320 g/mol. The summed E-state index contributed by atoms with van der Waals surface area (Å²) in [6, 6.07) is 4.45. The van der Waals surface area contributed by atoms with Gasteiger partial charge in [0.2, 0.25) is 5.91 Å². The van der Waals surface area contributed by atoms with Crippen LogP contribution >= 0.6 is 0 Å². The largest absolute Gasteiger partial charge is 0.383 e. The smallest absolute Gasteiger partial charge is 0.237 e. The Balaban J connectivity index is 1.91. The van der Waals surface area contributed by atoms with E-state index in [9.17, 15) is 4.79 Å². The fraction of sp³-hybridized carbons (Fsp3) is 0.647. The quantitative estimate of drug-likeness (QED) is 0.705. The van der Waals surface area contributed by atoms with Gasteiger partial charge >= 0.3 is 0 Å². The molecule has 23 heavy (non-hydrogen) atoms. The van der Waals surface area contributed by atoms with Crippen LogP contribution < -0.4 is 0 Å². The van der Waals surface area contributed by atoms with Crippen molar-refractivity contribution in [3.63, 3.8) is 0 Å². The van der Waals surface area contributed by atoms with Crippen LogP contribution in [0.25, 0.3) is 0 Å². The van der Waals surface area contributed by atoms with E-state index in [-0.39, 0.29) is 5.91 Å². The van der Waals surface area contributed by atoms with Gasteiger partial charge in [-0.2, -0.15) is 0 Å². The topological polar surface area (TPSA) is 48.9 Å². The Hall–Kier alpha value is -1.50. The summed E-state index contributed by atoms with van der Waals surface area (Å²) in [5.41, 5.74) is 1.05. The molecule has 1 saturated heterocycles. The molecule has 1 atom stereocenters. The summed E-state index contributed by atoms with van der Waals surface area (Å²) in [6.07, 6.45) is 4.68. The van der Waals surface area contributed by atoms with E-state index >= 15 is 0 Å². The van der Waals surface area contributed by atoms with Gasteiger partial charge in [-0.3, -0.25) is 14.7 Å². The Bertz CT molecular complexity index is 481. The summed E-state index contributed by atoms with van der Waals surface area (Å²) in [5, 5.41) is 0. The minimum absolute atomic E-state index is 0.158. The molecule has 0 N–H and O–H groups in total. The lowest BCUT2D eigenvalue weighted by Gasteiger charge is -2.26. The summed E-state index contributed by atoms with van der Waals surface area (Å²) >= 11 is 0. The monoisotopic (exact) mass is 320 g/mol. The molecule has 1 aromatic rings. The molecule has 0 spiro atoms. The third-order valence-electron chi connectivity index (χ3n) is 4.35. The zero-order valence-corrected chi connectivity index (χ0v) is 14.4. The number of amides is 1. The van der Waals surface area contributed by atoms with Crippen molar-refractivity contribution in [3.05, 3.63) is 30.1 Å². The Labute approximate surface area is 139 Å². The first kappa shape index (κ1) is 17.8. The molecule has 6 heteroatoms. The van der Waals surface area contributed by atoms with Gasteiger partial charge in [-0.15, -0.1) is 0 Å². The summed E-state index contributed by atoms with van der Waals surface area (Å²) in [4.78, 5) is 23.2. The van der Waals surface area contributed by atoms with Gasteiger partial charge in [0.15, 0.2) is 0 Å². The second kappa shape index (κ2) is 8.96. The zero-order chi connectivity index (χ0) is 16.7. The fourth-order valence-electron chi connectivity index (χ4n) is 2.87. The van der Waals surface area contributed by atoms with E-state index in [1.165, 1.54) is 0 Å². The number of nitrogens with zero attached hydrogens (tertiary/aromatic N) is 4. The molecule has 0 aliphatic carbocycles. The molecule has 0 saturated carbocycles. The number of rotatable bonds is 8. The van der Waals surface area contributed by atoms with Gasteiger partial charge in [0.05, 0.1) is 13.2 Å². The number of hydrogen-bond donors (Lipinski definition) is 0. The number of pyridine rings is 1. The number of carbonyl (C=O) groups excluding carboxylic acids is 1. The SMILES string of the molecule is COCCN(Cc1cccnc1)C(=O)CN1CC[C@H](N(C)C)C1. The molecule has 0 radical (unpaired) electrons. The molecule has 1 aliphatic rings. The maximum Gasteiger partial charge on any atom is 0.237 e. The van der Waals surface area contributed by atoms with E-state index in [1.807, 2.05) is 23.2 Å². The van der Waals surface area contributed by atoms with Crippen molar-refractivity contribution in [1.82, 2.24) is 19.7 Å². The second-order valence-electron chi connectivity index (χ2n) is 6.31. The van der Waals surface area contributed by atoms with Gasteiger partial charge in [-0.1, -0.05) is 6.07 Å². The van der Waals surface area contributed by atoms with Crippen LogP contribution in [0.5, 0.6) is 0 Å². The standard InChI is InChI=1S/C17H28N4O2/c1-19(2)16-6-8-20(13-16)14-17(22)21(9-10-23-3)12-15-5-4-7-18-11-15/h4-5,7,11,16H,6,8-10,12-14H2,1-3H3/t16-/m0/s1. The Kier molecular flexibility index (Phi) is 6.95. The van der Waals surface area contributed by atoms with Crippen molar-refractivity contribution in [2.24, 2.45) is 0 Å². The fourth-order valence-corrected chi connectivity index (χ4v) is 2.87. The highest BCUT2D eigenvalue weighted by molar-refractivity contribution is 5.78. The highest BCUT2D eigenvalue weighted by Gasteiger charge is 2.26. The summed E-state index contributed by atoms with van der Waals surface area (Å²) in [5.74, 6) is 0.158. The van der Waals surface area contributed by atoms with Gasteiger partial charge in [-0.05, 0) is 32.1 Å². The molecule has 1 fully saturated rings. The van der Waals surface area contributed by atoms with Crippen molar-refractivity contribution < 1.29 is 9.53 Å². The van der Waals surface area contributed by atoms with Crippen LogP contribution in [-0.4, -0.2) is 85.6 Å². The summed E-state index contributed by atoms with van der Waals surface area (Å²) in [6.45, 7) is 4.17. The Morgan fingerprint density at radius 3 is 2.91 bits per heavy atom. The van der Waals surface area contributed by atoms with E-state index in [1.54, 1.807) is 13.3 Å². The highest BCUT2D eigenvalue weighted by Crippen LogP contribution is 2.13. The van der Waals surface area contributed by atoms with Crippen molar-refractivity contribution in [3.8, 4) is 0 Å². The third kappa shape index (κ3) is 5.57. The number of ether oxygens (including phenoxy) is 1. The first-order valence-electron chi connectivity index (χ1n) is 8.14. The molecule has 1 aromatic heterocycles. The minimum Gasteiger partial charge on any atom is -0.383 e. The molecule has 1 aliphatic heterocycles. The lowest BCUT2D eigenvalue weighted by molar-refractivity contribution is -0.133. The minimum atomic E-state index is 0.158. The number of likely N-dealkylation sites (N-methyl/N-ethyl adjacent to an activating group) is 1. The van der Waals surface area contributed by atoms with Crippen LogP contribution in [0.4, 0.5) is 0 Å². The number of hydrogen-bond acceptors (Lipinski definition) is 5. The van der Waals surface area contributed by atoms with Crippen LogP contribution in [0, 0.1) is 0 Å². The normalized spacial score (nSPS) is 18.5. The second-order valence-corrected chi connectivity index (χ2v) is 6.31. The van der Waals surface area contributed by atoms with E-state index in [0.717, 1.165) is 25.1 Å². The zero-order valence-electron chi connectivity index (χ0n) is 14.4. The average Bonchev–Trinajstić information content (AvgIpc) is 3.01. The van der Waals surface area contributed by atoms with E-state index in [0.29, 0.717) is 32.3 Å². The first-order chi connectivity index (χ1) is 11.1. The lowest BCUT2D eigenvalue weighted by atomic mass is 10.2. The van der Waals surface area contributed by atoms with Gasteiger partial charge in [0.1, 0.15) is 0 Å². The van der Waals surface area contributed by atoms with Crippen LogP contribution in [0.3, 0.4) is 0 Å². The molecule has 128 valence electrons. The number of carbonyl (C=O) groups is 1. The molecule has 0 aromatic carbocycles. The van der Waals surface area contributed by atoms with E-state index in [4.69, 9.17) is 4.74 Å². The molecular formula is C17H28N4O2. The van der Waals surface area contributed by atoms with Crippen molar-refractivity contribution in [2.45, 2.75) is 19.0 Å². The lowest BCUT2D eigenvalue weighted by Crippen LogP contribution is -2.41. The van der Waals surface area contributed by atoms with Gasteiger partial charge in [0.25, 0.3) is 0 Å². The van der Waals surface area contributed by atoms with E-state index < -0.39 is 0 Å². The highest BCUT2D eigenvalue weighted by atomic mass is 16.5. The third-order valence-corrected chi connectivity index (χ3v) is 4.35. The van der Waals surface area contributed by atoms with Gasteiger partial charge in [0, 0.05) is 51.7 Å². The van der Waals surface area contributed by atoms with Crippen LogP contribution in [-0.2, 0) is 16.1 Å². The predicted molar refractivity (Wildman–Crippen MR) is 90.1 cm³/mol. The van der Waals surface area contributed by atoms with Crippen molar-refractivity contribution in [1.29, 1.82) is 0 Å². The summed E-state index contributed by atoms with van der Waals surface area (Å²) < 4.78 is 5.15. The summed E-state index contributed by atoms with van der Waals surface area (Å²) in [7, 11) is 5.86.